The maximum absolute atomic E-state index is 11.1. The van der Waals surface area contributed by atoms with Crippen LogP contribution >= 0.6 is 11.3 Å². The molecule has 0 bridgehead atoms. The number of para-hydroxylation sites is 1. The quantitative estimate of drug-likeness (QED) is 0.823. The van der Waals surface area contributed by atoms with E-state index in [9.17, 15) is 4.79 Å². The van der Waals surface area contributed by atoms with Gasteiger partial charge in [0.2, 0.25) is 0 Å². The van der Waals surface area contributed by atoms with Crippen molar-refractivity contribution in [1.29, 1.82) is 0 Å². The number of aldehydes is 1. The van der Waals surface area contributed by atoms with Gasteiger partial charge in [0.05, 0.1) is 10.6 Å². The van der Waals surface area contributed by atoms with Gasteiger partial charge in [-0.1, -0.05) is 24.3 Å². The van der Waals surface area contributed by atoms with Gasteiger partial charge in [0.25, 0.3) is 0 Å². The number of amidine groups is 1. The van der Waals surface area contributed by atoms with Crippen molar-refractivity contribution in [2.75, 3.05) is 0 Å². The summed E-state index contributed by atoms with van der Waals surface area (Å²) in [5.74, 6) is 0.774. The van der Waals surface area contributed by atoms with E-state index in [0.717, 1.165) is 28.2 Å². The Morgan fingerprint density at radius 3 is 2.88 bits per heavy atom. The zero-order chi connectivity index (χ0) is 11.7. The van der Waals surface area contributed by atoms with E-state index in [1.54, 1.807) is 11.3 Å². The number of nitrogens with one attached hydrogen (secondary N) is 1. The zero-order valence-electron chi connectivity index (χ0n) is 8.96. The van der Waals surface area contributed by atoms with Crippen LogP contribution in [-0.2, 0) is 4.79 Å². The summed E-state index contributed by atoms with van der Waals surface area (Å²) < 4.78 is 0. The minimum absolute atomic E-state index is 0.305. The number of thiophene rings is 1. The smallest absolute Gasteiger partial charge is 0.146 e. The van der Waals surface area contributed by atoms with E-state index in [0.29, 0.717) is 0 Å². The molecular weight excluding hydrogens is 232 g/mol. The van der Waals surface area contributed by atoms with E-state index in [4.69, 9.17) is 0 Å². The minimum atomic E-state index is -0.305. The van der Waals surface area contributed by atoms with E-state index in [1.165, 1.54) is 0 Å². The third-order valence-corrected chi connectivity index (χ3v) is 3.56. The number of aliphatic imine (C=N–C) groups is 1. The second-order valence-corrected chi connectivity index (χ2v) is 4.70. The first-order valence-electron chi connectivity index (χ1n) is 5.32. The summed E-state index contributed by atoms with van der Waals surface area (Å²) in [6.45, 7) is 0. The van der Waals surface area contributed by atoms with Gasteiger partial charge in [-0.3, -0.25) is 0 Å². The Hall–Kier alpha value is -1.94. The Kier molecular flexibility index (Phi) is 2.49. The van der Waals surface area contributed by atoms with Crippen LogP contribution in [0.2, 0.25) is 0 Å². The summed E-state index contributed by atoms with van der Waals surface area (Å²) in [5.41, 5.74) is 1.80. The number of nitrogens with zero attached hydrogens (tertiary/aromatic N) is 1. The molecule has 0 aliphatic carbocycles. The summed E-state index contributed by atoms with van der Waals surface area (Å²) in [5, 5.41) is 5.15. The van der Waals surface area contributed by atoms with Gasteiger partial charge < -0.3 is 10.1 Å². The zero-order valence-corrected chi connectivity index (χ0v) is 9.78. The molecule has 17 heavy (non-hydrogen) atoms. The fourth-order valence-electron chi connectivity index (χ4n) is 1.88. The molecule has 0 saturated heterocycles. The van der Waals surface area contributed by atoms with Crippen molar-refractivity contribution >= 4 is 29.1 Å². The third kappa shape index (κ3) is 1.76. The highest BCUT2D eigenvalue weighted by Gasteiger charge is 2.21. The Morgan fingerprint density at radius 2 is 2.12 bits per heavy atom. The highest BCUT2D eigenvalue weighted by molar-refractivity contribution is 7.12. The van der Waals surface area contributed by atoms with E-state index in [-0.39, 0.29) is 6.04 Å². The van der Waals surface area contributed by atoms with Gasteiger partial charge in [0, 0.05) is 5.56 Å². The molecule has 3 rings (SSSR count). The summed E-state index contributed by atoms with van der Waals surface area (Å²) >= 11 is 1.61. The molecule has 1 unspecified atom stereocenters. The number of carbonyl (C=O) groups excluding carboxylic acids is 1. The monoisotopic (exact) mass is 242 g/mol. The highest BCUT2D eigenvalue weighted by Crippen LogP contribution is 2.29. The molecule has 0 radical (unpaired) electrons. The largest absolute Gasteiger partial charge is 0.355 e. The lowest BCUT2D eigenvalue weighted by Crippen LogP contribution is -2.32. The first-order valence-corrected chi connectivity index (χ1v) is 6.20. The van der Waals surface area contributed by atoms with Crippen LogP contribution in [0.4, 0.5) is 5.69 Å². The van der Waals surface area contributed by atoms with Crippen molar-refractivity contribution in [1.82, 2.24) is 5.32 Å². The van der Waals surface area contributed by atoms with Crippen molar-refractivity contribution < 1.29 is 4.79 Å². The summed E-state index contributed by atoms with van der Waals surface area (Å²) in [6, 6.07) is 11.4. The van der Waals surface area contributed by atoms with Crippen LogP contribution in [0.3, 0.4) is 0 Å². The molecule has 4 heteroatoms. The number of rotatable bonds is 2. The fraction of sp³-hybridized carbons (Fsp3) is 0.0769. The first-order chi connectivity index (χ1) is 8.38. The Balaban J connectivity index is 2.11. The molecule has 0 saturated carbocycles. The Morgan fingerprint density at radius 1 is 1.24 bits per heavy atom. The molecular formula is C13H10N2OS. The molecule has 3 nitrogen and oxygen atoms in total. The van der Waals surface area contributed by atoms with Crippen LogP contribution in [0, 0.1) is 0 Å². The summed E-state index contributed by atoms with van der Waals surface area (Å²) in [4.78, 5) is 16.7. The summed E-state index contributed by atoms with van der Waals surface area (Å²) in [6.07, 6.45) is 0.918. The second-order valence-electron chi connectivity index (χ2n) is 3.75. The van der Waals surface area contributed by atoms with Gasteiger partial charge in [-0.15, -0.1) is 11.3 Å². The fourth-order valence-corrected chi connectivity index (χ4v) is 2.55. The average molecular weight is 242 g/mol. The second kappa shape index (κ2) is 4.14. The van der Waals surface area contributed by atoms with Gasteiger partial charge >= 0.3 is 0 Å². The van der Waals surface area contributed by atoms with Gasteiger partial charge in [-0.2, -0.15) is 0 Å². The molecule has 0 fully saturated rings. The molecule has 0 amide bonds. The molecule has 1 aliphatic rings. The predicted octanol–water partition coefficient (Wildman–Crippen LogP) is 2.67. The number of benzene rings is 1. The van der Waals surface area contributed by atoms with E-state index < -0.39 is 0 Å². The van der Waals surface area contributed by atoms with E-state index in [1.807, 2.05) is 41.8 Å². The lowest BCUT2D eigenvalue weighted by atomic mass is 10.0. The molecule has 84 valence electrons. The van der Waals surface area contributed by atoms with Crippen molar-refractivity contribution in [3.05, 3.63) is 52.2 Å². The molecule has 2 aromatic rings. The lowest BCUT2D eigenvalue weighted by molar-refractivity contribution is -0.109. The van der Waals surface area contributed by atoms with Crippen LogP contribution < -0.4 is 5.32 Å². The normalized spacial score (nSPS) is 17.9. The minimum Gasteiger partial charge on any atom is -0.355 e. The summed E-state index contributed by atoms with van der Waals surface area (Å²) in [7, 11) is 0. The molecule has 1 atom stereocenters. The Labute approximate surface area is 103 Å². The molecule has 2 heterocycles. The van der Waals surface area contributed by atoms with E-state index >= 15 is 0 Å². The lowest BCUT2D eigenvalue weighted by Gasteiger charge is -2.22. The van der Waals surface area contributed by atoms with Gasteiger partial charge in [0.15, 0.2) is 0 Å². The molecule has 1 aromatic heterocycles. The van der Waals surface area contributed by atoms with Gasteiger partial charge in [-0.05, 0) is 17.5 Å². The maximum Gasteiger partial charge on any atom is 0.146 e. The SMILES string of the molecule is O=CC1NC(c2cccs2)=Nc2ccccc21. The van der Waals surface area contributed by atoms with Crippen LogP contribution in [-0.4, -0.2) is 12.1 Å². The van der Waals surface area contributed by atoms with Crippen molar-refractivity contribution in [3.63, 3.8) is 0 Å². The molecule has 1 aliphatic heterocycles. The molecule has 0 spiro atoms. The number of hydrogen-bond donors (Lipinski definition) is 1. The topological polar surface area (TPSA) is 41.5 Å². The number of hydrogen-bond acceptors (Lipinski definition) is 4. The van der Waals surface area contributed by atoms with Crippen LogP contribution in [0.1, 0.15) is 16.5 Å². The average Bonchev–Trinajstić information content (AvgIpc) is 2.91. The predicted molar refractivity (Wildman–Crippen MR) is 68.9 cm³/mol. The standard InChI is InChI=1S/C13H10N2OS/c16-8-11-9-4-1-2-5-10(9)14-13(15-11)12-6-3-7-17-12/h1-8,11H,(H,14,15). The van der Waals surface area contributed by atoms with Gasteiger partial charge in [0.1, 0.15) is 18.2 Å². The molecule has 1 aromatic carbocycles. The Bertz CT molecular complexity index is 575. The van der Waals surface area contributed by atoms with Crippen molar-refractivity contribution in [2.24, 2.45) is 4.99 Å². The first kappa shape index (κ1) is 10.2. The third-order valence-electron chi connectivity index (χ3n) is 2.69. The maximum atomic E-state index is 11.1. The van der Waals surface area contributed by atoms with Crippen molar-refractivity contribution in [2.45, 2.75) is 6.04 Å². The van der Waals surface area contributed by atoms with E-state index in [2.05, 4.69) is 10.3 Å². The highest BCUT2D eigenvalue weighted by atomic mass is 32.1. The number of carbonyl (C=O) groups is 1. The number of fused-ring (bicyclic) bond motifs is 1. The van der Waals surface area contributed by atoms with Crippen LogP contribution in [0.25, 0.3) is 0 Å². The van der Waals surface area contributed by atoms with Crippen LogP contribution in [0.15, 0.2) is 46.8 Å². The van der Waals surface area contributed by atoms with Gasteiger partial charge in [-0.25, -0.2) is 4.99 Å². The molecule has 1 N–H and O–H groups in total. The van der Waals surface area contributed by atoms with Crippen LogP contribution in [0.5, 0.6) is 0 Å². The van der Waals surface area contributed by atoms with Crippen molar-refractivity contribution in [3.8, 4) is 0 Å².